The second-order valence-corrected chi connectivity index (χ2v) is 6.86. The maximum Gasteiger partial charge on any atom is 0.222 e. The molecular weight excluding hydrogens is 332 g/mol. The van der Waals surface area contributed by atoms with Gasteiger partial charge in [-0.3, -0.25) is 4.79 Å². The summed E-state index contributed by atoms with van der Waals surface area (Å²) in [5.41, 5.74) is 1.85. The molecule has 0 saturated carbocycles. The van der Waals surface area contributed by atoms with E-state index in [1.54, 1.807) is 14.2 Å². The first-order valence-corrected chi connectivity index (χ1v) is 9.13. The Morgan fingerprint density at radius 2 is 1.81 bits per heavy atom. The number of methoxy groups -OCH3 is 2. The number of ether oxygens (including phenoxy) is 2. The van der Waals surface area contributed by atoms with Crippen LogP contribution in [0.4, 0.5) is 5.69 Å². The highest BCUT2D eigenvalue weighted by molar-refractivity contribution is 5.93. The first kappa shape index (κ1) is 16.9. The van der Waals surface area contributed by atoms with E-state index in [1.165, 1.54) is 0 Å². The number of benzene rings is 1. The highest BCUT2D eigenvalue weighted by Crippen LogP contribution is 2.36. The van der Waals surface area contributed by atoms with Gasteiger partial charge in [0, 0.05) is 43.5 Å². The molecule has 0 bridgehead atoms. The molecular formula is C19H24N4O3. The predicted octanol–water partition coefficient (Wildman–Crippen LogP) is 2.24. The number of nitrogens with zero attached hydrogens (tertiary/aromatic N) is 4. The number of carbonyl (C=O) groups is 1. The fourth-order valence-corrected chi connectivity index (χ4v) is 4.10. The van der Waals surface area contributed by atoms with Crippen molar-refractivity contribution in [2.75, 3.05) is 38.8 Å². The summed E-state index contributed by atoms with van der Waals surface area (Å²) in [4.78, 5) is 16.4. The molecule has 2 aliphatic heterocycles. The molecule has 2 fully saturated rings. The zero-order valence-corrected chi connectivity index (χ0v) is 15.3. The number of amides is 1. The number of rotatable bonds is 4. The minimum absolute atomic E-state index is 0.316. The molecule has 0 aliphatic carbocycles. The maximum absolute atomic E-state index is 12.0. The Morgan fingerprint density at radius 1 is 1.08 bits per heavy atom. The molecule has 0 unspecified atom stereocenters. The molecule has 0 atom stereocenters. The molecule has 7 nitrogen and oxygen atoms in total. The van der Waals surface area contributed by atoms with Gasteiger partial charge >= 0.3 is 0 Å². The maximum atomic E-state index is 12.0. The van der Waals surface area contributed by atoms with Crippen molar-refractivity contribution >= 4 is 22.5 Å². The summed E-state index contributed by atoms with van der Waals surface area (Å²) >= 11 is 0. The quantitative estimate of drug-likeness (QED) is 0.837. The molecule has 0 N–H and O–H groups in total. The molecule has 2 aromatic rings. The molecule has 26 heavy (non-hydrogen) atoms. The summed E-state index contributed by atoms with van der Waals surface area (Å²) in [5, 5.41) is 9.43. The lowest BCUT2D eigenvalue weighted by Gasteiger charge is -2.38. The molecule has 0 spiro atoms. The van der Waals surface area contributed by atoms with Gasteiger partial charge in [0.15, 0.2) is 11.5 Å². The van der Waals surface area contributed by atoms with Crippen LogP contribution in [-0.4, -0.2) is 60.9 Å². The summed E-state index contributed by atoms with van der Waals surface area (Å²) in [7, 11) is 3.25. The largest absolute Gasteiger partial charge is 0.493 e. The molecule has 1 aromatic carbocycles. The SMILES string of the molecule is COc1cc2nncc(N3CCC(N4CCCC4=O)CC3)c2cc1OC. The Labute approximate surface area is 152 Å². The number of hydrogen-bond donors (Lipinski definition) is 0. The van der Waals surface area contributed by atoms with E-state index in [1.807, 2.05) is 18.3 Å². The molecule has 4 rings (SSSR count). The van der Waals surface area contributed by atoms with Crippen LogP contribution in [0.5, 0.6) is 11.5 Å². The number of aromatic nitrogens is 2. The van der Waals surface area contributed by atoms with Crippen molar-refractivity contribution in [3.63, 3.8) is 0 Å². The Kier molecular flexibility index (Phi) is 4.53. The summed E-state index contributed by atoms with van der Waals surface area (Å²) in [6.45, 7) is 2.73. The van der Waals surface area contributed by atoms with Gasteiger partial charge < -0.3 is 19.3 Å². The highest BCUT2D eigenvalue weighted by atomic mass is 16.5. The summed E-state index contributed by atoms with van der Waals surface area (Å²) in [6.07, 6.45) is 5.50. The van der Waals surface area contributed by atoms with E-state index in [9.17, 15) is 4.79 Å². The third kappa shape index (κ3) is 2.91. The fraction of sp³-hybridized carbons (Fsp3) is 0.526. The third-order valence-corrected chi connectivity index (χ3v) is 5.48. The van der Waals surface area contributed by atoms with Crippen molar-refractivity contribution in [3.05, 3.63) is 18.3 Å². The van der Waals surface area contributed by atoms with Crippen molar-refractivity contribution in [2.24, 2.45) is 0 Å². The minimum atomic E-state index is 0.316. The molecule has 0 radical (unpaired) electrons. The first-order valence-electron chi connectivity index (χ1n) is 9.13. The monoisotopic (exact) mass is 356 g/mol. The van der Waals surface area contributed by atoms with Crippen LogP contribution in [0.3, 0.4) is 0 Å². The van der Waals surface area contributed by atoms with E-state index >= 15 is 0 Å². The van der Waals surface area contributed by atoms with Crippen LogP contribution in [-0.2, 0) is 4.79 Å². The first-order chi connectivity index (χ1) is 12.7. The number of hydrogen-bond acceptors (Lipinski definition) is 6. The molecule has 2 aliphatic rings. The van der Waals surface area contributed by atoms with Crippen LogP contribution < -0.4 is 14.4 Å². The van der Waals surface area contributed by atoms with E-state index in [0.717, 1.165) is 55.5 Å². The fourth-order valence-electron chi connectivity index (χ4n) is 4.10. The van der Waals surface area contributed by atoms with Crippen LogP contribution in [0.25, 0.3) is 10.9 Å². The van der Waals surface area contributed by atoms with Crippen LogP contribution in [0.15, 0.2) is 18.3 Å². The van der Waals surface area contributed by atoms with Gasteiger partial charge in [-0.25, -0.2) is 0 Å². The van der Waals surface area contributed by atoms with Crippen LogP contribution in [0, 0.1) is 0 Å². The topological polar surface area (TPSA) is 67.8 Å². The van der Waals surface area contributed by atoms with Gasteiger partial charge in [0.1, 0.15) is 0 Å². The van der Waals surface area contributed by atoms with Gasteiger partial charge in [0.2, 0.25) is 5.91 Å². The Hall–Kier alpha value is -2.57. The number of piperidine rings is 1. The van der Waals surface area contributed by atoms with Crippen LogP contribution in [0.1, 0.15) is 25.7 Å². The van der Waals surface area contributed by atoms with Gasteiger partial charge in [-0.1, -0.05) is 0 Å². The van der Waals surface area contributed by atoms with Crippen molar-refractivity contribution in [1.29, 1.82) is 0 Å². The lowest BCUT2D eigenvalue weighted by atomic mass is 10.0. The Balaban J connectivity index is 1.58. The van der Waals surface area contributed by atoms with Crippen molar-refractivity contribution in [1.82, 2.24) is 15.1 Å². The van der Waals surface area contributed by atoms with Gasteiger partial charge in [-0.05, 0) is 25.3 Å². The normalized spacial score (nSPS) is 18.6. The standard InChI is InChI=1S/C19H24N4O3/c1-25-17-10-14-15(11-18(17)26-2)21-20-12-16(14)22-8-5-13(6-9-22)23-7-3-4-19(23)24/h10-13H,3-9H2,1-2H3. The summed E-state index contributed by atoms with van der Waals surface area (Å²) in [5.74, 6) is 1.65. The zero-order valence-electron chi connectivity index (χ0n) is 15.3. The Bertz CT molecular complexity index is 818. The lowest BCUT2D eigenvalue weighted by molar-refractivity contribution is -0.130. The van der Waals surface area contributed by atoms with Crippen LogP contribution in [0.2, 0.25) is 0 Å². The van der Waals surface area contributed by atoms with E-state index in [4.69, 9.17) is 9.47 Å². The second kappa shape index (κ2) is 6.97. The van der Waals surface area contributed by atoms with Crippen molar-refractivity contribution in [2.45, 2.75) is 31.7 Å². The van der Waals surface area contributed by atoms with E-state index < -0.39 is 0 Å². The average molecular weight is 356 g/mol. The lowest BCUT2D eigenvalue weighted by Crippen LogP contribution is -2.45. The second-order valence-electron chi connectivity index (χ2n) is 6.86. The summed E-state index contributed by atoms with van der Waals surface area (Å²) in [6, 6.07) is 4.20. The predicted molar refractivity (Wildman–Crippen MR) is 98.8 cm³/mol. The summed E-state index contributed by atoms with van der Waals surface area (Å²) < 4.78 is 10.8. The van der Waals surface area contributed by atoms with E-state index in [-0.39, 0.29) is 0 Å². The smallest absolute Gasteiger partial charge is 0.222 e. The number of carbonyl (C=O) groups excluding carboxylic acids is 1. The van der Waals surface area contributed by atoms with Gasteiger partial charge in [-0.15, -0.1) is 0 Å². The third-order valence-electron chi connectivity index (χ3n) is 5.48. The van der Waals surface area contributed by atoms with Crippen molar-refractivity contribution < 1.29 is 14.3 Å². The Morgan fingerprint density at radius 3 is 2.46 bits per heavy atom. The number of likely N-dealkylation sites (tertiary alicyclic amines) is 1. The molecule has 1 aromatic heterocycles. The van der Waals surface area contributed by atoms with Gasteiger partial charge in [-0.2, -0.15) is 10.2 Å². The molecule has 2 saturated heterocycles. The average Bonchev–Trinajstić information content (AvgIpc) is 3.12. The molecule has 3 heterocycles. The number of fused-ring (bicyclic) bond motifs is 1. The zero-order chi connectivity index (χ0) is 18.1. The molecule has 1 amide bonds. The van der Waals surface area contributed by atoms with Gasteiger partial charge in [0.05, 0.1) is 31.6 Å². The minimum Gasteiger partial charge on any atom is -0.493 e. The van der Waals surface area contributed by atoms with Crippen molar-refractivity contribution in [3.8, 4) is 11.5 Å². The highest BCUT2D eigenvalue weighted by Gasteiger charge is 2.31. The molecule has 7 heteroatoms. The van der Waals surface area contributed by atoms with Crippen LogP contribution >= 0.6 is 0 Å². The van der Waals surface area contributed by atoms with E-state index in [2.05, 4.69) is 20.0 Å². The number of anilines is 1. The van der Waals surface area contributed by atoms with Gasteiger partial charge in [0.25, 0.3) is 0 Å². The molecule has 138 valence electrons. The van der Waals surface area contributed by atoms with E-state index in [0.29, 0.717) is 29.9 Å².